The number of rotatable bonds is 2. The van der Waals surface area contributed by atoms with Gasteiger partial charge in [-0.15, -0.1) is 0 Å². The van der Waals surface area contributed by atoms with Crippen molar-refractivity contribution in [3.8, 4) is 5.75 Å². The molecule has 0 radical (unpaired) electrons. The molecule has 0 spiro atoms. The van der Waals surface area contributed by atoms with Crippen LogP contribution in [0.15, 0.2) is 30.3 Å². The summed E-state index contributed by atoms with van der Waals surface area (Å²) >= 11 is 0. The van der Waals surface area contributed by atoms with E-state index in [-0.39, 0.29) is 0 Å². The summed E-state index contributed by atoms with van der Waals surface area (Å²) in [6, 6.07) is 8.71. The molecule has 1 aromatic rings. The fourth-order valence-electron chi connectivity index (χ4n) is 0.683. The Hall–Kier alpha value is -0.790. The van der Waals surface area contributed by atoms with E-state index >= 15 is 0 Å². The molecule has 1 rings (SSSR count). The molecule has 11 heavy (non-hydrogen) atoms. The van der Waals surface area contributed by atoms with Crippen molar-refractivity contribution in [2.24, 2.45) is 0 Å². The normalized spacial score (nSPS) is 15.5. The first-order chi connectivity index (χ1) is 5.08. The molecule has 4 heteroatoms. The number of para-hydroxylation sites is 1. The maximum Gasteiger partial charge on any atom is 0.522 e. The van der Waals surface area contributed by atoms with Gasteiger partial charge in [0.15, 0.2) is 0 Å². The van der Waals surface area contributed by atoms with E-state index in [4.69, 9.17) is 9.42 Å². The molecule has 0 aliphatic heterocycles. The van der Waals surface area contributed by atoms with Crippen LogP contribution in [0.4, 0.5) is 0 Å². The van der Waals surface area contributed by atoms with Gasteiger partial charge < -0.3 is 9.42 Å². The van der Waals surface area contributed by atoms with E-state index in [0.717, 1.165) is 0 Å². The van der Waals surface area contributed by atoms with Gasteiger partial charge in [-0.1, -0.05) is 18.2 Å². The van der Waals surface area contributed by atoms with Crippen molar-refractivity contribution in [2.45, 2.75) is 0 Å². The Balaban J connectivity index is 2.74. The standard InChI is InChI=1S/C7H9O3P/c1-11(8,9)10-7-5-3-2-4-6-7/h2-6H,1H3,(H,8,9)/p+1. The summed E-state index contributed by atoms with van der Waals surface area (Å²) in [7, 11) is -3.14. The van der Waals surface area contributed by atoms with Crippen LogP contribution in [0, 0.1) is 0 Å². The minimum absolute atomic E-state index is 0.480. The van der Waals surface area contributed by atoms with Gasteiger partial charge >= 0.3 is 7.60 Å². The van der Waals surface area contributed by atoms with Crippen LogP contribution < -0.4 is 4.52 Å². The van der Waals surface area contributed by atoms with Gasteiger partial charge in [0.25, 0.3) is 0 Å². The molecule has 0 heterocycles. The second-order valence-corrected chi connectivity index (χ2v) is 4.12. The Kier molecular flexibility index (Phi) is 2.32. The molecule has 0 saturated carbocycles. The van der Waals surface area contributed by atoms with Crippen molar-refractivity contribution in [2.75, 3.05) is 6.66 Å². The van der Waals surface area contributed by atoms with Gasteiger partial charge in [-0.2, -0.15) is 4.57 Å². The summed E-state index contributed by atoms with van der Waals surface area (Å²) in [6.45, 7) is 1.26. The summed E-state index contributed by atoms with van der Waals surface area (Å²) in [6.07, 6.45) is 0. The summed E-state index contributed by atoms with van der Waals surface area (Å²) in [5.41, 5.74) is 0. The molecule has 0 bridgehead atoms. The van der Waals surface area contributed by atoms with Crippen LogP contribution in [-0.4, -0.2) is 11.6 Å². The topological polar surface area (TPSA) is 49.2 Å². The average molecular weight is 173 g/mol. The predicted molar refractivity (Wildman–Crippen MR) is 44.2 cm³/mol. The van der Waals surface area contributed by atoms with Crippen LogP contribution in [0.1, 0.15) is 0 Å². The van der Waals surface area contributed by atoms with E-state index in [2.05, 4.69) is 0 Å². The van der Waals surface area contributed by atoms with Gasteiger partial charge in [0.2, 0.25) is 0 Å². The molecule has 0 aromatic heterocycles. The first-order valence-electron chi connectivity index (χ1n) is 3.15. The van der Waals surface area contributed by atoms with Crippen molar-refractivity contribution in [3.63, 3.8) is 0 Å². The Morgan fingerprint density at radius 1 is 1.36 bits per heavy atom. The van der Waals surface area contributed by atoms with Gasteiger partial charge in [0.1, 0.15) is 5.75 Å². The molecule has 0 aliphatic rings. The fraction of sp³-hybridized carbons (Fsp3) is 0.143. The van der Waals surface area contributed by atoms with Gasteiger partial charge in [-0.25, -0.2) is 0 Å². The molecular formula is C7H10O3P+. The van der Waals surface area contributed by atoms with E-state index in [1.54, 1.807) is 24.3 Å². The zero-order valence-electron chi connectivity index (χ0n) is 6.15. The molecule has 60 valence electrons. The number of hydrogen-bond acceptors (Lipinski definition) is 2. The molecule has 1 unspecified atom stereocenters. The summed E-state index contributed by atoms with van der Waals surface area (Å²) < 4.78 is 15.7. The zero-order chi connectivity index (χ0) is 8.32. The lowest BCUT2D eigenvalue weighted by molar-refractivity contribution is 0.387. The Morgan fingerprint density at radius 3 is 2.36 bits per heavy atom. The minimum Gasteiger partial charge on any atom is -0.389 e. The SMILES string of the molecule is CP(=O)([OH2+])Oc1ccccc1. The lowest BCUT2D eigenvalue weighted by Gasteiger charge is -2.02. The Bertz CT molecular complexity index is 264. The van der Waals surface area contributed by atoms with E-state index < -0.39 is 7.60 Å². The van der Waals surface area contributed by atoms with Gasteiger partial charge in [0, 0.05) is 0 Å². The van der Waals surface area contributed by atoms with E-state index in [0.29, 0.717) is 5.75 Å². The lowest BCUT2D eigenvalue weighted by Crippen LogP contribution is -1.87. The molecule has 0 amide bonds. The first-order valence-corrected chi connectivity index (χ1v) is 5.22. The molecule has 0 aliphatic carbocycles. The van der Waals surface area contributed by atoms with Crippen LogP contribution in [-0.2, 0) is 4.57 Å². The Morgan fingerprint density at radius 2 is 1.91 bits per heavy atom. The summed E-state index contributed by atoms with van der Waals surface area (Å²) in [4.78, 5) is 7.00. The van der Waals surface area contributed by atoms with Gasteiger partial charge in [0.05, 0.1) is 6.66 Å². The predicted octanol–water partition coefficient (Wildman–Crippen LogP) is 1.61. The average Bonchev–Trinajstić information content (AvgIpc) is 1.85. The van der Waals surface area contributed by atoms with Crippen molar-refractivity contribution in [1.82, 2.24) is 0 Å². The summed E-state index contributed by atoms with van der Waals surface area (Å²) in [5.74, 6) is 0.480. The zero-order valence-corrected chi connectivity index (χ0v) is 7.04. The third kappa shape index (κ3) is 3.21. The first kappa shape index (κ1) is 8.31. The summed E-state index contributed by atoms with van der Waals surface area (Å²) in [5, 5.41) is 0. The highest BCUT2D eigenvalue weighted by atomic mass is 31.2. The minimum atomic E-state index is -3.14. The second kappa shape index (κ2) is 3.07. The van der Waals surface area contributed by atoms with Crippen LogP contribution in [0.5, 0.6) is 5.75 Å². The van der Waals surface area contributed by atoms with Crippen LogP contribution in [0.2, 0.25) is 0 Å². The molecule has 3 nitrogen and oxygen atoms in total. The van der Waals surface area contributed by atoms with E-state index in [1.165, 1.54) is 6.66 Å². The third-order valence-corrected chi connectivity index (χ3v) is 1.58. The second-order valence-electron chi connectivity index (χ2n) is 2.25. The lowest BCUT2D eigenvalue weighted by atomic mass is 10.3. The van der Waals surface area contributed by atoms with Crippen molar-refractivity contribution in [3.05, 3.63) is 30.3 Å². The smallest absolute Gasteiger partial charge is 0.389 e. The van der Waals surface area contributed by atoms with Crippen LogP contribution in [0.25, 0.3) is 0 Å². The highest BCUT2D eigenvalue weighted by Gasteiger charge is 2.17. The largest absolute Gasteiger partial charge is 0.522 e. The Labute approximate surface area is 65.2 Å². The van der Waals surface area contributed by atoms with Crippen LogP contribution in [0.3, 0.4) is 0 Å². The highest BCUT2D eigenvalue weighted by molar-refractivity contribution is 7.52. The molecule has 1 atom stereocenters. The maximum atomic E-state index is 10.8. The third-order valence-electron chi connectivity index (χ3n) is 1.02. The maximum absolute atomic E-state index is 10.8. The molecule has 1 aromatic carbocycles. The quantitative estimate of drug-likeness (QED) is 0.503. The number of benzene rings is 1. The van der Waals surface area contributed by atoms with E-state index in [9.17, 15) is 4.57 Å². The van der Waals surface area contributed by atoms with Crippen molar-refractivity contribution in [1.29, 1.82) is 0 Å². The van der Waals surface area contributed by atoms with Crippen molar-refractivity contribution >= 4 is 7.60 Å². The van der Waals surface area contributed by atoms with Crippen LogP contribution >= 0.6 is 7.60 Å². The number of hydrogen-bond donors (Lipinski definition) is 0. The monoisotopic (exact) mass is 173 g/mol. The molecular weight excluding hydrogens is 163 g/mol. The highest BCUT2D eigenvalue weighted by Crippen LogP contribution is 2.37. The molecule has 0 fully saturated rings. The fourth-order valence-corrected chi connectivity index (χ4v) is 1.21. The van der Waals surface area contributed by atoms with Gasteiger partial charge in [-0.05, 0) is 12.1 Å². The molecule has 0 saturated heterocycles. The molecule has 2 N–H and O–H groups in total. The van der Waals surface area contributed by atoms with Gasteiger partial charge in [-0.3, -0.25) is 0 Å². The van der Waals surface area contributed by atoms with Crippen molar-refractivity contribution < 1.29 is 14.0 Å². The van der Waals surface area contributed by atoms with E-state index in [1.807, 2.05) is 6.07 Å².